The van der Waals surface area contributed by atoms with E-state index in [1.807, 2.05) is 21.1 Å². The van der Waals surface area contributed by atoms with Crippen molar-refractivity contribution in [2.24, 2.45) is 0 Å². The molecule has 0 aliphatic heterocycles. The summed E-state index contributed by atoms with van der Waals surface area (Å²) >= 11 is 0. The number of unbranched alkanes of at least 4 members (excludes halogenated alkanes) is 22. The topological polar surface area (TPSA) is 108 Å². The second kappa shape index (κ2) is 54.5. The first-order chi connectivity index (χ1) is 35.6. The Hall–Kier alpha value is -3.79. The zero-order valence-corrected chi connectivity index (χ0v) is 47.5. The van der Waals surface area contributed by atoms with Crippen molar-refractivity contribution in [1.82, 2.24) is 0 Å². The molecule has 0 aromatic carbocycles. The van der Waals surface area contributed by atoms with Gasteiger partial charge in [-0.25, -0.2) is 4.79 Å². The van der Waals surface area contributed by atoms with Gasteiger partial charge in [-0.2, -0.15) is 0 Å². The van der Waals surface area contributed by atoms with Crippen molar-refractivity contribution in [2.45, 2.75) is 245 Å². The number of ether oxygens (including phenoxy) is 4. The van der Waals surface area contributed by atoms with Gasteiger partial charge in [-0.05, 0) is 89.9 Å². The first-order valence-corrected chi connectivity index (χ1v) is 29.4. The number of carbonyl (C=O) groups excluding carboxylic acids is 2. The molecule has 0 rings (SSSR count). The molecule has 1 N–H and O–H groups in total. The molecule has 2 unspecified atom stereocenters. The largest absolute Gasteiger partial charge is 0.477 e. The van der Waals surface area contributed by atoms with E-state index in [1.165, 1.54) is 96.3 Å². The zero-order chi connectivity index (χ0) is 53.4. The number of hydrogen-bond donors (Lipinski definition) is 1. The summed E-state index contributed by atoms with van der Waals surface area (Å²) in [6.45, 7) is 4.71. The Balaban J connectivity index is 4.06. The maximum Gasteiger partial charge on any atom is 0.361 e. The maximum atomic E-state index is 12.8. The monoisotopic (exact) mass is 1020 g/mol. The summed E-state index contributed by atoms with van der Waals surface area (Å²) in [7, 11) is 5.96. The van der Waals surface area contributed by atoms with Gasteiger partial charge in [0.2, 0.25) is 0 Å². The minimum atomic E-state index is -1.51. The van der Waals surface area contributed by atoms with E-state index in [2.05, 4.69) is 111 Å². The van der Waals surface area contributed by atoms with Gasteiger partial charge in [0.1, 0.15) is 13.2 Å². The number of esters is 2. The molecule has 0 saturated heterocycles. The molecule has 0 bridgehead atoms. The molecule has 2 atom stereocenters. The zero-order valence-electron chi connectivity index (χ0n) is 47.5. The Kier molecular flexibility index (Phi) is 51.6. The first kappa shape index (κ1) is 69.2. The summed E-state index contributed by atoms with van der Waals surface area (Å²) in [5.74, 6) is -2.02. The molecule has 73 heavy (non-hydrogen) atoms. The highest BCUT2D eigenvalue weighted by molar-refractivity contribution is 5.71. The number of quaternary nitrogens is 1. The fraction of sp³-hybridized carbons (Fsp3) is 0.703. The van der Waals surface area contributed by atoms with E-state index in [4.69, 9.17) is 18.9 Å². The molecule has 9 heteroatoms. The minimum Gasteiger partial charge on any atom is -0.477 e. The third-order valence-corrected chi connectivity index (χ3v) is 12.3. The van der Waals surface area contributed by atoms with Gasteiger partial charge in [0.25, 0.3) is 6.29 Å². The standard InChI is InChI=1S/C64H109NO8/c1-6-8-10-12-14-16-18-19-20-21-22-23-24-25-26-27-28-29-30-31-32-33-34-35-36-37-38-39-40-41-42-43-45-47-49-51-53-55-62(67)73-60(59-72-64(63(68)69)70-57-56-65(3,4)5)58-71-61(66)54-52-50-48-46-44-17-15-13-11-9-7-2/h8,10,13-16,19-20,22-23,25-26,28-29,31-32,60,64H,6-7,9,11-12,17-18,21,24,27,30,33-59H2,1-5H3/p+1/b10-8-,15-13-,16-14-,20-19-,23-22-,26-25-,29-28-,32-31-. The molecular weight excluding hydrogens is 911 g/mol. The van der Waals surface area contributed by atoms with Gasteiger partial charge in [0.05, 0.1) is 34.4 Å². The summed E-state index contributed by atoms with van der Waals surface area (Å²) in [4.78, 5) is 37.3. The molecule has 0 heterocycles. The predicted octanol–water partition coefficient (Wildman–Crippen LogP) is 17.3. The van der Waals surface area contributed by atoms with Crippen molar-refractivity contribution < 1.29 is 42.9 Å². The lowest BCUT2D eigenvalue weighted by molar-refractivity contribution is -0.870. The highest BCUT2D eigenvalue weighted by Crippen LogP contribution is 2.16. The van der Waals surface area contributed by atoms with Crippen LogP contribution in [0.2, 0.25) is 0 Å². The van der Waals surface area contributed by atoms with Crippen LogP contribution in [0, 0.1) is 0 Å². The number of carbonyl (C=O) groups is 3. The summed E-state index contributed by atoms with van der Waals surface area (Å²) in [5, 5.41) is 9.67. The lowest BCUT2D eigenvalue weighted by Crippen LogP contribution is -2.40. The van der Waals surface area contributed by atoms with Gasteiger partial charge < -0.3 is 28.5 Å². The lowest BCUT2D eigenvalue weighted by Gasteiger charge is -2.25. The van der Waals surface area contributed by atoms with E-state index in [0.717, 1.165) is 109 Å². The second-order valence-corrected chi connectivity index (χ2v) is 20.6. The smallest absolute Gasteiger partial charge is 0.361 e. The van der Waals surface area contributed by atoms with Crippen LogP contribution in [-0.2, 0) is 33.3 Å². The van der Waals surface area contributed by atoms with Crippen LogP contribution in [0.25, 0.3) is 0 Å². The van der Waals surface area contributed by atoms with Crippen LogP contribution in [0.5, 0.6) is 0 Å². The predicted molar refractivity (Wildman–Crippen MR) is 309 cm³/mol. The third kappa shape index (κ3) is 55.8. The van der Waals surface area contributed by atoms with E-state index >= 15 is 0 Å². The van der Waals surface area contributed by atoms with Crippen molar-refractivity contribution in [3.05, 3.63) is 97.2 Å². The number of likely N-dealkylation sites (N-methyl/N-ethyl adjacent to an activating group) is 1. The molecule has 0 fully saturated rings. The normalized spacial score (nSPS) is 13.5. The molecule has 0 aliphatic rings. The molecule has 0 aromatic rings. The van der Waals surface area contributed by atoms with E-state index in [0.29, 0.717) is 11.0 Å². The minimum absolute atomic E-state index is 0.184. The van der Waals surface area contributed by atoms with Crippen LogP contribution in [-0.4, -0.2) is 87.4 Å². The molecule has 0 spiro atoms. The molecule has 0 amide bonds. The Labute approximate surface area is 448 Å². The third-order valence-electron chi connectivity index (χ3n) is 12.3. The van der Waals surface area contributed by atoms with E-state index in [9.17, 15) is 19.5 Å². The molecular formula is C64H110NO8+. The molecule has 0 aromatic heterocycles. The summed E-state index contributed by atoms with van der Waals surface area (Å²) < 4.78 is 22.8. The Bertz CT molecular complexity index is 1520. The Morgan fingerprint density at radius 3 is 1.18 bits per heavy atom. The van der Waals surface area contributed by atoms with Gasteiger partial charge in [-0.15, -0.1) is 0 Å². The Morgan fingerprint density at radius 1 is 0.425 bits per heavy atom. The van der Waals surface area contributed by atoms with Gasteiger partial charge in [0, 0.05) is 12.8 Å². The van der Waals surface area contributed by atoms with Crippen LogP contribution in [0.15, 0.2) is 97.2 Å². The van der Waals surface area contributed by atoms with E-state index in [-0.39, 0.29) is 38.6 Å². The van der Waals surface area contributed by atoms with Crippen LogP contribution in [0.3, 0.4) is 0 Å². The second-order valence-electron chi connectivity index (χ2n) is 20.6. The number of nitrogens with zero attached hydrogens (tertiary/aromatic N) is 1. The summed E-state index contributed by atoms with van der Waals surface area (Å²) in [5.41, 5.74) is 0. The maximum absolute atomic E-state index is 12.8. The first-order valence-electron chi connectivity index (χ1n) is 29.4. The lowest BCUT2D eigenvalue weighted by atomic mass is 10.0. The SMILES string of the molecule is CC/C=C\C/C=C\C/C=C\C/C=C\C/C=C\C/C=C\C/C=C\CCCCCCCCCCCCCCCCCC(=O)OC(COC(=O)CCCCCCC/C=C\CCCC)COC(OCC[N+](C)(C)C)C(=O)O. The average molecular weight is 1020 g/mol. The van der Waals surface area contributed by atoms with Crippen molar-refractivity contribution in [3.63, 3.8) is 0 Å². The summed E-state index contributed by atoms with van der Waals surface area (Å²) in [6, 6.07) is 0. The number of rotatable bonds is 53. The fourth-order valence-electron chi connectivity index (χ4n) is 7.80. The van der Waals surface area contributed by atoms with E-state index in [1.54, 1.807) is 0 Å². The van der Waals surface area contributed by atoms with Gasteiger partial charge in [-0.1, -0.05) is 227 Å². The van der Waals surface area contributed by atoms with Crippen LogP contribution < -0.4 is 0 Å². The number of aliphatic carboxylic acids is 1. The van der Waals surface area contributed by atoms with Crippen LogP contribution in [0.1, 0.15) is 232 Å². The van der Waals surface area contributed by atoms with Gasteiger partial charge in [-0.3, -0.25) is 9.59 Å². The van der Waals surface area contributed by atoms with Crippen molar-refractivity contribution in [1.29, 1.82) is 0 Å². The fourth-order valence-corrected chi connectivity index (χ4v) is 7.80. The molecule has 418 valence electrons. The van der Waals surface area contributed by atoms with E-state index < -0.39 is 24.3 Å². The van der Waals surface area contributed by atoms with Gasteiger partial charge >= 0.3 is 17.9 Å². The average Bonchev–Trinajstić information content (AvgIpc) is 3.36. The number of carboxylic acid groups (broad SMARTS) is 1. The van der Waals surface area contributed by atoms with Crippen LogP contribution in [0.4, 0.5) is 0 Å². The summed E-state index contributed by atoms with van der Waals surface area (Å²) in [6.07, 6.45) is 70.8. The molecule has 0 radical (unpaired) electrons. The molecule has 9 nitrogen and oxygen atoms in total. The number of hydrogen-bond acceptors (Lipinski definition) is 7. The molecule has 0 aliphatic carbocycles. The van der Waals surface area contributed by atoms with Crippen molar-refractivity contribution >= 4 is 17.9 Å². The number of carboxylic acids is 1. The highest BCUT2D eigenvalue weighted by Gasteiger charge is 2.25. The van der Waals surface area contributed by atoms with Crippen molar-refractivity contribution in [2.75, 3.05) is 47.5 Å². The van der Waals surface area contributed by atoms with Gasteiger partial charge in [0.15, 0.2) is 6.10 Å². The number of allylic oxidation sites excluding steroid dienone is 16. The highest BCUT2D eigenvalue weighted by atomic mass is 16.7. The molecule has 0 saturated carbocycles. The van der Waals surface area contributed by atoms with Crippen molar-refractivity contribution in [3.8, 4) is 0 Å². The quantitative estimate of drug-likeness (QED) is 0.0211. The Morgan fingerprint density at radius 2 is 0.781 bits per heavy atom. The van der Waals surface area contributed by atoms with Crippen LogP contribution >= 0.6 is 0 Å².